The van der Waals surface area contributed by atoms with E-state index >= 15 is 0 Å². The molecule has 2 unspecified atom stereocenters. The van der Waals surface area contributed by atoms with Gasteiger partial charge in [-0.25, -0.2) is 9.78 Å². The monoisotopic (exact) mass is 510 g/mol. The number of rotatable bonds is 4. The number of ether oxygens (including phenoxy) is 1. The number of fused-ring (bicyclic) bond motifs is 4. The van der Waals surface area contributed by atoms with Crippen molar-refractivity contribution < 1.29 is 19.4 Å². The topological polar surface area (TPSA) is 79.7 Å². The number of aromatic nitrogens is 1. The van der Waals surface area contributed by atoms with E-state index in [-0.39, 0.29) is 35.1 Å². The van der Waals surface area contributed by atoms with Crippen molar-refractivity contribution in [1.29, 1.82) is 0 Å². The molecule has 196 valence electrons. The van der Waals surface area contributed by atoms with E-state index in [1.165, 1.54) is 0 Å². The van der Waals surface area contributed by atoms with E-state index in [1.807, 2.05) is 41.3 Å². The summed E-state index contributed by atoms with van der Waals surface area (Å²) in [6.45, 7) is 7.33. The molecule has 2 heterocycles. The molecule has 2 aliphatic carbocycles. The van der Waals surface area contributed by atoms with Crippen LogP contribution in [-0.2, 0) is 16.0 Å². The Hall–Kier alpha value is -3.67. The summed E-state index contributed by atoms with van der Waals surface area (Å²) in [6.07, 6.45) is 6.60. The molecule has 3 aromatic rings. The fraction of sp³-hybridized carbons (Fsp3) is 0.406. The fourth-order valence-corrected chi connectivity index (χ4v) is 7.32. The highest BCUT2D eigenvalue weighted by Gasteiger charge is 2.51. The van der Waals surface area contributed by atoms with E-state index in [2.05, 4.69) is 26.8 Å². The van der Waals surface area contributed by atoms with Crippen molar-refractivity contribution in [2.45, 2.75) is 58.9 Å². The highest BCUT2D eigenvalue weighted by atomic mass is 16.5. The Morgan fingerprint density at radius 3 is 2.63 bits per heavy atom. The summed E-state index contributed by atoms with van der Waals surface area (Å²) in [5.41, 5.74) is 5.27. The molecule has 1 N–H and O–H groups in total. The van der Waals surface area contributed by atoms with Crippen LogP contribution < -0.4 is 0 Å². The molecule has 1 aromatic heterocycles. The lowest BCUT2D eigenvalue weighted by molar-refractivity contribution is -0.135. The fourth-order valence-electron chi connectivity index (χ4n) is 7.32. The van der Waals surface area contributed by atoms with Crippen molar-refractivity contribution in [1.82, 2.24) is 9.88 Å². The van der Waals surface area contributed by atoms with Gasteiger partial charge in [-0.05, 0) is 83.9 Å². The van der Waals surface area contributed by atoms with Crippen molar-refractivity contribution in [2.75, 3.05) is 13.2 Å². The van der Waals surface area contributed by atoms with Crippen LogP contribution in [0.3, 0.4) is 0 Å². The van der Waals surface area contributed by atoms with E-state index in [0.717, 1.165) is 65.5 Å². The van der Waals surface area contributed by atoms with Gasteiger partial charge in [0.05, 0.1) is 16.8 Å². The second-order valence-corrected chi connectivity index (χ2v) is 12.4. The zero-order valence-electron chi connectivity index (χ0n) is 22.3. The quantitative estimate of drug-likeness (QED) is 0.435. The van der Waals surface area contributed by atoms with E-state index in [1.54, 1.807) is 12.1 Å². The van der Waals surface area contributed by atoms with Crippen molar-refractivity contribution in [3.8, 4) is 5.75 Å². The van der Waals surface area contributed by atoms with Crippen LogP contribution in [0.5, 0.6) is 5.75 Å². The molecule has 6 rings (SSSR count). The number of pyridine rings is 1. The number of allylic oxidation sites excluding steroid dienone is 1. The number of likely N-dealkylation sites (tertiary alicyclic amines) is 1. The second kappa shape index (κ2) is 8.97. The van der Waals surface area contributed by atoms with Crippen LogP contribution in [0.15, 0.2) is 48.5 Å². The minimum atomic E-state index is -0.465. The van der Waals surface area contributed by atoms with Gasteiger partial charge in [-0.15, -0.1) is 0 Å². The average molecular weight is 511 g/mol. The van der Waals surface area contributed by atoms with Crippen LogP contribution in [0.1, 0.15) is 73.6 Å². The van der Waals surface area contributed by atoms with Crippen LogP contribution in [-0.4, -0.2) is 46.1 Å². The average Bonchev–Trinajstić information content (AvgIpc) is 3.38. The van der Waals surface area contributed by atoms with Crippen molar-refractivity contribution in [3.63, 3.8) is 0 Å². The van der Waals surface area contributed by atoms with Gasteiger partial charge in [0.1, 0.15) is 5.75 Å². The number of carbonyl (C=O) groups excluding carboxylic acids is 2. The number of esters is 1. The molecule has 38 heavy (non-hydrogen) atoms. The normalized spacial score (nSPS) is 24.6. The van der Waals surface area contributed by atoms with Gasteiger partial charge in [0, 0.05) is 18.0 Å². The summed E-state index contributed by atoms with van der Waals surface area (Å²) in [7, 11) is 0. The van der Waals surface area contributed by atoms with Crippen molar-refractivity contribution >= 4 is 34.4 Å². The molecule has 2 aromatic carbocycles. The molecule has 1 aliphatic heterocycles. The first-order valence-electron chi connectivity index (χ1n) is 13.5. The number of carbonyl (C=O) groups is 2. The van der Waals surface area contributed by atoms with Crippen molar-refractivity contribution in [2.24, 2.45) is 10.8 Å². The highest BCUT2D eigenvalue weighted by molar-refractivity contribution is 6.07. The van der Waals surface area contributed by atoms with Gasteiger partial charge in [0.2, 0.25) is 0 Å². The Labute approximate surface area is 223 Å². The summed E-state index contributed by atoms with van der Waals surface area (Å²) in [5.74, 6) is -0.349. The van der Waals surface area contributed by atoms with Gasteiger partial charge in [0.25, 0.3) is 5.91 Å². The van der Waals surface area contributed by atoms with Crippen LogP contribution in [0.25, 0.3) is 22.6 Å². The van der Waals surface area contributed by atoms with Gasteiger partial charge in [0.15, 0.2) is 6.61 Å². The van der Waals surface area contributed by atoms with Crippen molar-refractivity contribution in [3.05, 3.63) is 70.9 Å². The highest BCUT2D eigenvalue weighted by Crippen LogP contribution is 2.52. The maximum atomic E-state index is 13.6. The predicted octanol–water partition coefficient (Wildman–Crippen LogP) is 6.01. The lowest BCUT2D eigenvalue weighted by atomic mass is 9.65. The number of hydrogen-bond acceptors (Lipinski definition) is 5. The lowest BCUT2D eigenvalue weighted by Crippen LogP contribution is -2.39. The number of benzene rings is 2. The molecular weight excluding hydrogens is 476 g/mol. The standard InChI is InChI=1S/C32H34N2O4/c1-31(2)15-22-16-32(3,18-31)19-34(22)27(36)17-38-30(37)28-24-6-4-5-7-26(24)33-29-21(10-13-25(28)29)14-20-8-11-23(35)12-9-20/h4-9,11-12,14,22,35H,10,13,15-19H2,1-3H3/b21-14-. The molecule has 1 saturated heterocycles. The first-order chi connectivity index (χ1) is 18.1. The van der Waals surface area contributed by atoms with Crippen LogP contribution in [0.2, 0.25) is 0 Å². The Morgan fingerprint density at radius 1 is 1.08 bits per heavy atom. The number of phenolic OH excluding ortho intramolecular Hbond substituents is 1. The maximum absolute atomic E-state index is 13.6. The zero-order valence-corrected chi connectivity index (χ0v) is 22.3. The molecule has 2 fully saturated rings. The number of nitrogens with zero attached hydrogens (tertiary/aromatic N) is 2. The van der Waals surface area contributed by atoms with E-state index in [9.17, 15) is 14.7 Å². The Balaban J connectivity index is 1.27. The Bertz CT molecular complexity index is 1470. The maximum Gasteiger partial charge on any atom is 0.339 e. The Morgan fingerprint density at radius 2 is 1.84 bits per heavy atom. The molecule has 6 heteroatoms. The molecule has 3 aliphatic rings. The second-order valence-electron chi connectivity index (χ2n) is 12.4. The third kappa shape index (κ3) is 4.46. The van der Waals surface area contributed by atoms with Crippen LogP contribution in [0.4, 0.5) is 0 Å². The van der Waals surface area contributed by atoms with Gasteiger partial charge in [-0.1, -0.05) is 51.1 Å². The molecule has 0 radical (unpaired) electrons. The first-order valence-corrected chi connectivity index (χ1v) is 13.5. The summed E-state index contributed by atoms with van der Waals surface area (Å²) in [6, 6.07) is 14.9. The summed E-state index contributed by atoms with van der Waals surface area (Å²) in [4.78, 5) is 33.7. The third-order valence-electron chi connectivity index (χ3n) is 8.44. The third-order valence-corrected chi connectivity index (χ3v) is 8.44. The summed E-state index contributed by atoms with van der Waals surface area (Å²) in [5, 5.41) is 10.4. The van der Waals surface area contributed by atoms with Crippen LogP contribution >= 0.6 is 0 Å². The minimum Gasteiger partial charge on any atom is -0.508 e. The molecule has 2 bridgehead atoms. The summed E-state index contributed by atoms with van der Waals surface area (Å²) >= 11 is 0. The largest absolute Gasteiger partial charge is 0.508 e. The SMILES string of the molecule is CC1(C)CC2CC(C)(CN2C(=O)COC(=O)c2c3c(nc4ccccc24)/C(=C\c2ccc(O)cc2)CC3)C1. The van der Waals surface area contributed by atoms with E-state index < -0.39 is 5.97 Å². The van der Waals surface area contributed by atoms with Gasteiger partial charge < -0.3 is 14.7 Å². The molecular formula is C32H34N2O4. The number of hydrogen-bond donors (Lipinski definition) is 1. The smallest absolute Gasteiger partial charge is 0.339 e. The van der Waals surface area contributed by atoms with Gasteiger partial charge in [-0.3, -0.25) is 4.79 Å². The molecule has 0 spiro atoms. The van der Waals surface area contributed by atoms with Gasteiger partial charge in [-0.2, -0.15) is 0 Å². The number of amides is 1. The lowest BCUT2D eigenvalue weighted by Gasteiger charge is -2.39. The predicted molar refractivity (Wildman–Crippen MR) is 148 cm³/mol. The molecule has 1 saturated carbocycles. The van der Waals surface area contributed by atoms with Crippen LogP contribution in [0, 0.1) is 10.8 Å². The zero-order chi connectivity index (χ0) is 26.7. The molecule has 2 atom stereocenters. The molecule has 6 nitrogen and oxygen atoms in total. The van der Waals surface area contributed by atoms with Gasteiger partial charge >= 0.3 is 5.97 Å². The number of aromatic hydroxyl groups is 1. The number of phenols is 1. The summed E-state index contributed by atoms with van der Waals surface area (Å²) < 4.78 is 5.73. The van der Waals surface area contributed by atoms with E-state index in [4.69, 9.17) is 9.72 Å². The minimum absolute atomic E-state index is 0.104. The molecule has 1 amide bonds. The van der Waals surface area contributed by atoms with E-state index in [0.29, 0.717) is 12.0 Å². The number of para-hydroxylation sites is 1. The Kier molecular flexibility index (Phi) is 5.82. The first kappa shape index (κ1) is 24.7.